The highest BCUT2D eigenvalue weighted by Crippen LogP contribution is 2.32. The van der Waals surface area contributed by atoms with E-state index >= 15 is 0 Å². The highest BCUT2D eigenvalue weighted by molar-refractivity contribution is 8.00. The Balaban J connectivity index is 0.00000242. The van der Waals surface area contributed by atoms with Gasteiger partial charge in [0.2, 0.25) is 5.91 Å². The van der Waals surface area contributed by atoms with Crippen molar-refractivity contribution in [2.75, 3.05) is 12.3 Å². The van der Waals surface area contributed by atoms with Gasteiger partial charge in [0.25, 0.3) is 0 Å². The number of halogens is 2. The van der Waals surface area contributed by atoms with E-state index in [-0.39, 0.29) is 24.4 Å². The van der Waals surface area contributed by atoms with Gasteiger partial charge in [0.1, 0.15) is 0 Å². The van der Waals surface area contributed by atoms with Gasteiger partial charge in [-0.05, 0) is 30.9 Å². The normalized spacial score (nSPS) is 11.8. The molecule has 1 unspecified atom stereocenters. The van der Waals surface area contributed by atoms with Gasteiger partial charge in [-0.25, -0.2) is 0 Å². The molecular formula is C16H20Cl2N2OS. The highest BCUT2D eigenvalue weighted by Gasteiger charge is 2.08. The van der Waals surface area contributed by atoms with E-state index in [2.05, 4.69) is 5.32 Å². The summed E-state index contributed by atoms with van der Waals surface area (Å²) >= 11 is 7.77. The lowest BCUT2D eigenvalue weighted by Gasteiger charge is -2.09. The molecule has 3 N–H and O–H groups in total. The third-order valence-corrected chi connectivity index (χ3v) is 4.47. The van der Waals surface area contributed by atoms with Crippen molar-refractivity contribution in [1.82, 2.24) is 5.32 Å². The molecule has 6 heteroatoms. The van der Waals surface area contributed by atoms with E-state index < -0.39 is 0 Å². The van der Waals surface area contributed by atoms with Crippen LogP contribution in [0.5, 0.6) is 0 Å². The molecule has 2 aromatic carbocycles. The molecule has 0 fully saturated rings. The van der Waals surface area contributed by atoms with Crippen LogP contribution in [0.2, 0.25) is 5.02 Å². The fourth-order valence-corrected chi connectivity index (χ4v) is 3.29. The Morgan fingerprint density at radius 2 is 2.00 bits per heavy atom. The molecule has 0 heterocycles. The van der Waals surface area contributed by atoms with Crippen LogP contribution in [-0.2, 0) is 4.79 Å². The van der Waals surface area contributed by atoms with Gasteiger partial charge in [0.15, 0.2) is 0 Å². The van der Waals surface area contributed by atoms with Gasteiger partial charge < -0.3 is 11.1 Å². The lowest BCUT2D eigenvalue weighted by Crippen LogP contribution is -2.30. The summed E-state index contributed by atoms with van der Waals surface area (Å²) in [6.07, 6.45) is 0.788. The third-order valence-electron chi connectivity index (χ3n) is 3.10. The second kappa shape index (κ2) is 9.26. The zero-order valence-corrected chi connectivity index (χ0v) is 14.7. The summed E-state index contributed by atoms with van der Waals surface area (Å²) in [5.41, 5.74) is 5.65. The molecule has 2 aromatic rings. The molecule has 0 saturated heterocycles. The quantitative estimate of drug-likeness (QED) is 0.770. The number of carbonyl (C=O) groups excluding carboxylic acids is 1. The number of nitrogens with two attached hydrogens (primary N) is 1. The minimum absolute atomic E-state index is 0. The van der Waals surface area contributed by atoms with E-state index in [1.807, 2.05) is 43.3 Å². The van der Waals surface area contributed by atoms with Crippen LogP contribution in [0.3, 0.4) is 0 Å². The van der Waals surface area contributed by atoms with Gasteiger partial charge in [-0.2, -0.15) is 0 Å². The number of benzene rings is 2. The summed E-state index contributed by atoms with van der Waals surface area (Å²) in [5.74, 6) is 0.397. The van der Waals surface area contributed by atoms with Crippen molar-refractivity contribution in [2.45, 2.75) is 24.3 Å². The topological polar surface area (TPSA) is 55.1 Å². The molecule has 1 amide bonds. The molecule has 0 saturated carbocycles. The maximum atomic E-state index is 11.8. The Hall–Kier alpha value is -0.940. The molecule has 120 valence electrons. The number of thioether (sulfide) groups is 1. The predicted molar refractivity (Wildman–Crippen MR) is 98.2 cm³/mol. The summed E-state index contributed by atoms with van der Waals surface area (Å²) in [5, 5.41) is 5.69. The van der Waals surface area contributed by atoms with Crippen LogP contribution in [0.4, 0.5) is 0 Å². The maximum Gasteiger partial charge on any atom is 0.230 e. The van der Waals surface area contributed by atoms with Gasteiger partial charge in [0.05, 0.1) is 5.75 Å². The first-order valence-electron chi connectivity index (χ1n) is 6.90. The number of hydrogen-bond donors (Lipinski definition) is 2. The minimum Gasteiger partial charge on any atom is -0.355 e. The van der Waals surface area contributed by atoms with E-state index in [1.165, 1.54) is 11.8 Å². The SMILES string of the molecule is CC(N)CCNC(=O)CSc1cccc2cccc(Cl)c12.Cl. The standard InChI is InChI=1S/C16H19ClN2OS.ClH/c1-11(18)8-9-19-15(20)10-21-14-7-3-5-12-4-2-6-13(17)16(12)14;/h2-7,11H,8-10,18H2,1H3,(H,19,20);1H. The number of hydrogen-bond acceptors (Lipinski definition) is 3. The number of carbonyl (C=O) groups is 1. The van der Waals surface area contributed by atoms with Crippen molar-refractivity contribution in [3.63, 3.8) is 0 Å². The predicted octanol–water partition coefficient (Wildman–Crippen LogP) is 3.86. The summed E-state index contributed by atoms with van der Waals surface area (Å²) in [4.78, 5) is 12.8. The first-order chi connectivity index (χ1) is 10.1. The monoisotopic (exact) mass is 358 g/mol. The van der Waals surface area contributed by atoms with Crippen molar-refractivity contribution in [1.29, 1.82) is 0 Å². The fourth-order valence-electron chi connectivity index (χ4n) is 2.02. The molecule has 0 radical (unpaired) electrons. The van der Waals surface area contributed by atoms with Gasteiger partial charge >= 0.3 is 0 Å². The molecule has 3 nitrogen and oxygen atoms in total. The van der Waals surface area contributed by atoms with Crippen molar-refractivity contribution in [3.8, 4) is 0 Å². The highest BCUT2D eigenvalue weighted by atomic mass is 35.5. The molecule has 0 spiro atoms. The number of amides is 1. The molecule has 0 aliphatic rings. The lowest BCUT2D eigenvalue weighted by atomic mass is 10.1. The number of nitrogens with one attached hydrogen (secondary N) is 1. The van der Waals surface area contributed by atoms with Crippen molar-refractivity contribution in [3.05, 3.63) is 41.4 Å². The van der Waals surface area contributed by atoms with E-state index in [0.29, 0.717) is 17.3 Å². The molecule has 22 heavy (non-hydrogen) atoms. The summed E-state index contributed by atoms with van der Waals surface area (Å²) in [6.45, 7) is 2.55. The lowest BCUT2D eigenvalue weighted by molar-refractivity contribution is -0.118. The molecule has 2 rings (SSSR count). The zero-order chi connectivity index (χ0) is 15.2. The third kappa shape index (κ3) is 5.36. The second-order valence-corrected chi connectivity index (χ2v) is 6.42. The molecular weight excluding hydrogens is 339 g/mol. The van der Waals surface area contributed by atoms with Crippen molar-refractivity contribution < 1.29 is 4.79 Å². The Kier molecular flexibility index (Phi) is 8.04. The van der Waals surface area contributed by atoms with Gasteiger partial charge in [-0.1, -0.05) is 35.9 Å². The average molecular weight is 359 g/mol. The van der Waals surface area contributed by atoms with Crippen LogP contribution in [0.1, 0.15) is 13.3 Å². The van der Waals surface area contributed by atoms with Crippen LogP contribution in [0, 0.1) is 0 Å². The average Bonchev–Trinajstić information content (AvgIpc) is 2.45. The Morgan fingerprint density at radius 1 is 1.32 bits per heavy atom. The molecule has 0 aliphatic carbocycles. The van der Waals surface area contributed by atoms with E-state index in [4.69, 9.17) is 17.3 Å². The first-order valence-corrected chi connectivity index (χ1v) is 8.26. The molecule has 1 atom stereocenters. The largest absolute Gasteiger partial charge is 0.355 e. The second-order valence-electron chi connectivity index (χ2n) is 5.00. The molecule has 0 aliphatic heterocycles. The fraction of sp³-hybridized carbons (Fsp3) is 0.312. The van der Waals surface area contributed by atoms with Gasteiger partial charge in [-0.15, -0.1) is 24.2 Å². The summed E-state index contributed by atoms with van der Waals surface area (Å²) < 4.78 is 0. The summed E-state index contributed by atoms with van der Waals surface area (Å²) in [7, 11) is 0. The van der Waals surface area contributed by atoms with Crippen LogP contribution in [0.25, 0.3) is 10.8 Å². The van der Waals surface area contributed by atoms with E-state index in [0.717, 1.165) is 22.1 Å². The maximum absolute atomic E-state index is 11.8. The van der Waals surface area contributed by atoms with Crippen LogP contribution >= 0.6 is 35.8 Å². The van der Waals surface area contributed by atoms with E-state index in [1.54, 1.807) is 0 Å². The Labute approximate surface area is 146 Å². The number of fused-ring (bicyclic) bond motifs is 1. The van der Waals surface area contributed by atoms with Crippen LogP contribution in [-0.4, -0.2) is 24.2 Å². The Morgan fingerprint density at radius 3 is 2.68 bits per heavy atom. The number of rotatable bonds is 6. The minimum atomic E-state index is 0. The first kappa shape index (κ1) is 19.1. The van der Waals surface area contributed by atoms with Crippen molar-refractivity contribution >= 4 is 52.4 Å². The van der Waals surface area contributed by atoms with Gasteiger partial charge in [0, 0.05) is 27.9 Å². The van der Waals surface area contributed by atoms with Crippen LogP contribution < -0.4 is 11.1 Å². The van der Waals surface area contributed by atoms with E-state index in [9.17, 15) is 4.79 Å². The smallest absolute Gasteiger partial charge is 0.230 e. The molecule has 0 bridgehead atoms. The van der Waals surface area contributed by atoms with Gasteiger partial charge in [-0.3, -0.25) is 4.79 Å². The van der Waals surface area contributed by atoms with Crippen molar-refractivity contribution in [2.24, 2.45) is 5.73 Å². The molecule has 0 aromatic heterocycles. The Bertz CT molecular complexity index is 629. The zero-order valence-electron chi connectivity index (χ0n) is 12.3. The summed E-state index contributed by atoms with van der Waals surface area (Å²) in [6, 6.07) is 11.9. The van der Waals surface area contributed by atoms with Crippen LogP contribution in [0.15, 0.2) is 41.3 Å².